The number of nitro groups is 1. The molecule has 1 aromatic rings. The summed E-state index contributed by atoms with van der Waals surface area (Å²) in [5.41, 5.74) is -0.370. The Hall–Kier alpha value is -1.44. The molecule has 2 saturated heterocycles. The van der Waals surface area contributed by atoms with Crippen LogP contribution in [-0.2, 0) is 4.74 Å². The third-order valence-corrected chi connectivity index (χ3v) is 4.17. The molecule has 1 N–H and O–H groups in total. The quantitative estimate of drug-likeness (QED) is 0.678. The summed E-state index contributed by atoms with van der Waals surface area (Å²) in [5.74, 6) is 0.00369. The van der Waals surface area contributed by atoms with Crippen LogP contribution in [0.4, 0.5) is 5.69 Å². The van der Waals surface area contributed by atoms with Gasteiger partial charge in [-0.15, -0.1) is 0 Å². The van der Waals surface area contributed by atoms with Gasteiger partial charge in [0.25, 0.3) is 5.88 Å². The summed E-state index contributed by atoms with van der Waals surface area (Å²) in [6.45, 7) is 2.28. The monoisotopic (exact) mass is 313 g/mol. The molecule has 21 heavy (non-hydrogen) atoms. The van der Waals surface area contributed by atoms with E-state index in [1.165, 1.54) is 12.3 Å². The van der Waals surface area contributed by atoms with Gasteiger partial charge in [0.1, 0.15) is 6.10 Å². The minimum Gasteiger partial charge on any atom is -0.467 e. The molecule has 0 bridgehead atoms. The zero-order valence-electron chi connectivity index (χ0n) is 11.4. The highest BCUT2D eigenvalue weighted by Gasteiger charge is 2.42. The highest BCUT2D eigenvalue weighted by molar-refractivity contribution is 6.30. The second kappa shape index (κ2) is 5.75. The molecule has 114 valence electrons. The molecular weight excluding hydrogens is 298 g/mol. The first-order valence-electron chi connectivity index (χ1n) is 6.89. The Morgan fingerprint density at radius 2 is 2.29 bits per heavy atom. The number of hydrogen-bond donors (Lipinski definition) is 1. The number of rotatable bonds is 3. The van der Waals surface area contributed by atoms with Crippen LogP contribution in [0.5, 0.6) is 5.88 Å². The van der Waals surface area contributed by atoms with Crippen molar-refractivity contribution < 1.29 is 14.4 Å². The maximum Gasteiger partial charge on any atom is 0.332 e. The van der Waals surface area contributed by atoms with Crippen molar-refractivity contribution in [2.75, 3.05) is 19.7 Å². The van der Waals surface area contributed by atoms with Crippen LogP contribution in [-0.4, -0.2) is 41.3 Å². The zero-order valence-corrected chi connectivity index (χ0v) is 12.1. The van der Waals surface area contributed by atoms with Crippen LogP contribution in [0, 0.1) is 10.1 Å². The molecule has 0 saturated carbocycles. The smallest absolute Gasteiger partial charge is 0.332 e. The molecule has 3 heterocycles. The number of pyridine rings is 1. The Morgan fingerprint density at radius 1 is 1.52 bits per heavy atom. The number of piperidine rings is 1. The molecule has 7 nitrogen and oxygen atoms in total. The van der Waals surface area contributed by atoms with Gasteiger partial charge in [0.15, 0.2) is 0 Å². The van der Waals surface area contributed by atoms with Crippen LogP contribution in [0.25, 0.3) is 0 Å². The summed E-state index contributed by atoms with van der Waals surface area (Å²) in [6, 6.07) is 1.25. The van der Waals surface area contributed by atoms with Crippen molar-refractivity contribution in [3.8, 4) is 5.88 Å². The van der Waals surface area contributed by atoms with Gasteiger partial charge in [0.05, 0.1) is 28.4 Å². The molecule has 0 aliphatic carbocycles. The van der Waals surface area contributed by atoms with Crippen LogP contribution < -0.4 is 10.1 Å². The average Bonchev–Trinajstić information content (AvgIpc) is 2.84. The van der Waals surface area contributed by atoms with E-state index in [0.717, 1.165) is 32.4 Å². The van der Waals surface area contributed by atoms with Crippen molar-refractivity contribution in [1.82, 2.24) is 10.3 Å². The van der Waals surface area contributed by atoms with Crippen molar-refractivity contribution in [3.63, 3.8) is 0 Å². The molecule has 0 amide bonds. The van der Waals surface area contributed by atoms with Gasteiger partial charge in [0, 0.05) is 12.5 Å². The summed E-state index contributed by atoms with van der Waals surface area (Å²) in [4.78, 5) is 14.4. The number of nitrogens with one attached hydrogen (secondary N) is 1. The first kappa shape index (κ1) is 14.5. The summed E-state index contributed by atoms with van der Waals surface area (Å²) >= 11 is 5.74. The van der Waals surface area contributed by atoms with E-state index in [4.69, 9.17) is 21.1 Å². The lowest BCUT2D eigenvalue weighted by Crippen LogP contribution is -2.41. The summed E-state index contributed by atoms with van der Waals surface area (Å²) in [5, 5.41) is 14.5. The third-order valence-electron chi connectivity index (χ3n) is 3.96. The molecule has 8 heteroatoms. The Kier molecular flexibility index (Phi) is 3.97. The molecule has 2 aliphatic heterocycles. The minimum absolute atomic E-state index is 0.00369. The normalized spacial score (nSPS) is 24.1. The molecule has 3 rings (SSSR count). The SMILES string of the molecule is O=[N+]([O-])c1cc(Cl)cnc1OC1COC2(CCNCC2)C1. The fourth-order valence-corrected chi connectivity index (χ4v) is 3.06. The van der Waals surface area contributed by atoms with Gasteiger partial charge in [-0.2, -0.15) is 0 Å². The average molecular weight is 314 g/mol. The van der Waals surface area contributed by atoms with Crippen molar-refractivity contribution in [2.24, 2.45) is 0 Å². The van der Waals surface area contributed by atoms with Crippen LogP contribution >= 0.6 is 11.6 Å². The van der Waals surface area contributed by atoms with Crippen LogP contribution in [0.2, 0.25) is 5.02 Å². The Bertz CT molecular complexity index is 548. The summed E-state index contributed by atoms with van der Waals surface area (Å²) in [7, 11) is 0. The van der Waals surface area contributed by atoms with E-state index in [1.54, 1.807) is 0 Å². The Labute approximate surface area is 126 Å². The number of halogens is 1. The molecule has 0 radical (unpaired) electrons. The second-order valence-corrected chi connectivity index (χ2v) is 5.86. The summed E-state index contributed by atoms with van der Waals surface area (Å²) in [6.07, 6.45) is 3.73. The van der Waals surface area contributed by atoms with Crippen LogP contribution in [0.3, 0.4) is 0 Å². The van der Waals surface area contributed by atoms with Gasteiger partial charge in [0.2, 0.25) is 0 Å². The number of ether oxygens (including phenoxy) is 2. The standard InChI is InChI=1S/C13H16ClN3O4/c14-9-5-11(17(18)19)12(16-7-9)21-10-6-13(20-8-10)1-3-15-4-2-13/h5,7,10,15H,1-4,6,8H2. The molecule has 1 unspecified atom stereocenters. The third kappa shape index (κ3) is 3.09. The maximum absolute atomic E-state index is 11.0. The minimum atomic E-state index is -0.537. The van der Waals surface area contributed by atoms with Gasteiger partial charge in [-0.1, -0.05) is 11.6 Å². The number of aromatic nitrogens is 1. The molecule has 1 aromatic heterocycles. The van der Waals surface area contributed by atoms with E-state index in [2.05, 4.69) is 10.3 Å². The Morgan fingerprint density at radius 3 is 3.00 bits per heavy atom. The molecule has 1 spiro atoms. The van der Waals surface area contributed by atoms with Gasteiger partial charge in [-0.25, -0.2) is 4.98 Å². The maximum atomic E-state index is 11.0. The van der Waals surface area contributed by atoms with E-state index in [1.807, 2.05) is 0 Å². The first-order valence-corrected chi connectivity index (χ1v) is 7.27. The molecule has 2 fully saturated rings. The zero-order chi connectivity index (χ0) is 14.9. The van der Waals surface area contributed by atoms with E-state index < -0.39 is 4.92 Å². The largest absolute Gasteiger partial charge is 0.467 e. The van der Waals surface area contributed by atoms with Gasteiger partial charge >= 0.3 is 5.69 Å². The highest BCUT2D eigenvalue weighted by Crippen LogP contribution is 2.37. The molecule has 2 aliphatic rings. The van der Waals surface area contributed by atoms with Crippen molar-refractivity contribution in [3.05, 3.63) is 27.4 Å². The van der Waals surface area contributed by atoms with E-state index >= 15 is 0 Å². The lowest BCUT2D eigenvalue weighted by atomic mass is 9.89. The summed E-state index contributed by atoms with van der Waals surface area (Å²) < 4.78 is 11.6. The van der Waals surface area contributed by atoms with Crippen molar-refractivity contribution in [1.29, 1.82) is 0 Å². The van der Waals surface area contributed by atoms with Crippen LogP contribution in [0.15, 0.2) is 12.3 Å². The predicted molar refractivity (Wildman–Crippen MR) is 75.7 cm³/mol. The van der Waals surface area contributed by atoms with Gasteiger partial charge < -0.3 is 14.8 Å². The Balaban J connectivity index is 1.72. The fraction of sp³-hybridized carbons (Fsp3) is 0.615. The second-order valence-electron chi connectivity index (χ2n) is 5.42. The fourth-order valence-electron chi connectivity index (χ4n) is 2.90. The number of nitrogens with zero attached hydrogens (tertiary/aromatic N) is 2. The van der Waals surface area contributed by atoms with Crippen LogP contribution in [0.1, 0.15) is 19.3 Å². The van der Waals surface area contributed by atoms with E-state index in [9.17, 15) is 10.1 Å². The van der Waals surface area contributed by atoms with Gasteiger partial charge in [-0.05, 0) is 25.9 Å². The lowest BCUT2D eigenvalue weighted by molar-refractivity contribution is -0.386. The topological polar surface area (TPSA) is 86.5 Å². The van der Waals surface area contributed by atoms with E-state index in [-0.39, 0.29) is 28.3 Å². The van der Waals surface area contributed by atoms with Crippen molar-refractivity contribution in [2.45, 2.75) is 31.0 Å². The molecule has 0 aromatic carbocycles. The van der Waals surface area contributed by atoms with E-state index in [0.29, 0.717) is 6.61 Å². The van der Waals surface area contributed by atoms with Crippen molar-refractivity contribution >= 4 is 17.3 Å². The first-order chi connectivity index (χ1) is 10.1. The highest BCUT2D eigenvalue weighted by atomic mass is 35.5. The number of hydrogen-bond acceptors (Lipinski definition) is 6. The molecule has 1 atom stereocenters. The molecular formula is C13H16ClN3O4. The lowest BCUT2D eigenvalue weighted by Gasteiger charge is -2.32. The van der Waals surface area contributed by atoms with Gasteiger partial charge in [-0.3, -0.25) is 10.1 Å². The predicted octanol–water partition coefficient (Wildman–Crippen LogP) is 1.93.